The van der Waals surface area contributed by atoms with Gasteiger partial charge in [0.05, 0.1) is 59.6 Å². The number of halogens is 2. The second-order valence-electron chi connectivity index (χ2n) is 18.9. The van der Waals surface area contributed by atoms with Crippen molar-refractivity contribution in [3.63, 3.8) is 0 Å². The van der Waals surface area contributed by atoms with Gasteiger partial charge in [-0.2, -0.15) is 5.10 Å². The van der Waals surface area contributed by atoms with E-state index in [2.05, 4.69) is 37.7 Å². The van der Waals surface area contributed by atoms with E-state index in [0.29, 0.717) is 92.5 Å². The molecule has 4 fully saturated rings. The summed E-state index contributed by atoms with van der Waals surface area (Å²) in [4.78, 5) is 68.2. The summed E-state index contributed by atoms with van der Waals surface area (Å²) in [5.41, 5.74) is 4.52. The van der Waals surface area contributed by atoms with Crippen LogP contribution in [0.3, 0.4) is 0 Å². The molecule has 0 saturated carbocycles. The molecule has 10 rings (SSSR count). The number of imidazole rings is 1. The van der Waals surface area contributed by atoms with E-state index in [9.17, 15) is 19.2 Å². The number of ether oxygens (including phenoxy) is 2. The van der Waals surface area contributed by atoms with Gasteiger partial charge >= 0.3 is 0 Å². The number of nitrogens with zero attached hydrogens (tertiary/aromatic N) is 8. The highest BCUT2D eigenvalue weighted by atomic mass is 19.1. The molecule has 4 saturated heterocycles. The first kappa shape index (κ1) is 42.7. The zero-order valence-electron chi connectivity index (χ0n) is 37.1. The van der Waals surface area contributed by atoms with E-state index < -0.39 is 40.7 Å². The molecule has 0 unspecified atom stereocenters. The molecule has 18 heteroatoms. The fraction of sp³-hybridized carbons (Fsp3) is 0.468. The number of anilines is 2. The minimum absolute atomic E-state index is 0.0134. The third kappa shape index (κ3) is 7.89. The number of carbonyl (C=O) groups excluding carboxylic acids is 4. The number of piperazine rings is 1. The number of benzene rings is 2. The van der Waals surface area contributed by atoms with Gasteiger partial charge in [-0.3, -0.25) is 39.7 Å². The molecule has 65 heavy (non-hydrogen) atoms. The Kier molecular flexibility index (Phi) is 10.7. The van der Waals surface area contributed by atoms with Crippen LogP contribution in [0.1, 0.15) is 73.1 Å². The van der Waals surface area contributed by atoms with Crippen LogP contribution < -0.4 is 20.3 Å². The van der Waals surface area contributed by atoms with Gasteiger partial charge < -0.3 is 23.8 Å². The van der Waals surface area contributed by atoms with Gasteiger partial charge in [-0.05, 0) is 74.1 Å². The van der Waals surface area contributed by atoms with Crippen LogP contribution in [0.25, 0.3) is 22.3 Å². The number of amides is 4. The molecule has 0 radical (unpaired) electrons. The van der Waals surface area contributed by atoms with Crippen LogP contribution in [0.2, 0.25) is 0 Å². The fourth-order valence-electron chi connectivity index (χ4n) is 10.6. The Morgan fingerprint density at radius 3 is 2.51 bits per heavy atom. The number of rotatable bonds is 5. The Morgan fingerprint density at radius 1 is 0.954 bits per heavy atom. The van der Waals surface area contributed by atoms with Gasteiger partial charge in [0, 0.05) is 80.8 Å². The summed E-state index contributed by atoms with van der Waals surface area (Å²) in [6.45, 7) is 11.6. The fourth-order valence-corrected chi connectivity index (χ4v) is 10.6. The van der Waals surface area contributed by atoms with Gasteiger partial charge in [-0.1, -0.05) is 19.9 Å². The number of nitrogens with one attached hydrogen (secondary N) is 2. The lowest BCUT2D eigenvalue weighted by Crippen LogP contribution is -2.51. The van der Waals surface area contributed by atoms with E-state index in [0.717, 1.165) is 23.0 Å². The van der Waals surface area contributed by atoms with E-state index in [1.54, 1.807) is 30.1 Å². The SMILES string of the molecule is Cc1cc2cc(n1)-c1cnn(C)c1OCCO[C@@H](C)Cn1c(nc3ccc(CN4C[C@@H]5C[C@H]4CN5C(=O)[C@H]4CN(c5cc(F)c([C@H]6CCC(=O)NC6=O)c(F)c5)CC4(C)C)cc31)NC2=O. The highest BCUT2D eigenvalue weighted by Gasteiger charge is 2.51. The zero-order valence-corrected chi connectivity index (χ0v) is 37.1. The number of fused-ring (bicyclic) bond motifs is 9. The minimum Gasteiger partial charge on any atom is -0.475 e. The normalized spacial score (nSPS) is 24.6. The lowest BCUT2D eigenvalue weighted by molar-refractivity contribution is -0.140. The molecule has 0 aliphatic carbocycles. The molecule has 3 aromatic heterocycles. The lowest BCUT2D eigenvalue weighted by Gasteiger charge is -2.37. The molecule has 5 atom stereocenters. The summed E-state index contributed by atoms with van der Waals surface area (Å²) < 4.78 is 47.0. The van der Waals surface area contributed by atoms with E-state index in [1.807, 2.05) is 48.1 Å². The molecule has 340 valence electrons. The Hall–Kier alpha value is -6.27. The number of pyridine rings is 1. The smallest absolute Gasteiger partial charge is 0.258 e. The Bertz CT molecular complexity index is 2750. The van der Waals surface area contributed by atoms with Crippen LogP contribution in [0.5, 0.6) is 5.88 Å². The molecular formula is C47H52F2N10O6. The molecule has 2 aromatic carbocycles. The van der Waals surface area contributed by atoms with Crippen LogP contribution in [0.4, 0.5) is 20.4 Å². The molecule has 4 bridgehead atoms. The molecule has 5 aliphatic rings. The van der Waals surface area contributed by atoms with Crippen LogP contribution in [0, 0.1) is 29.9 Å². The summed E-state index contributed by atoms with van der Waals surface area (Å²) in [7, 11) is 1.79. The van der Waals surface area contributed by atoms with E-state index in [4.69, 9.17) is 14.5 Å². The van der Waals surface area contributed by atoms with Crippen molar-refractivity contribution in [2.24, 2.45) is 18.4 Å². The highest BCUT2D eigenvalue weighted by molar-refractivity contribution is 6.05. The Balaban J connectivity index is 0.831. The number of hydrogen-bond donors (Lipinski definition) is 2. The summed E-state index contributed by atoms with van der Waals surface area (Å²) >= 11 is 0. The third-order valence-corrected chi connectivity index (χ3v) is 13.9. The van der Waals surface area contributed by atoms with Gasteiger partial charge in [0.1, 0.15) is 18.2 Å². The van der Waals surface area contributed by atoms with Crippen LogP contribution in [-0.2, 0) is 39.3 Å². The Labute approximate surface area is 374 Å². The largest absolute Gasteiger partial charge is 0.475 e. The van der Waals surface area contributed by atoms with Crippen molar-refractivity contribution in [1.82, 2.24) is 39.4 Å². The zero-order chi connectivity index (χ0) is 45.5. The van der Waals surface area contributed by atoms with Crippen LogP contribution in [-0.4, -0.2) is 115 Å². The maximum absolute atomic E-state index is 15.5. The highest BCUT2D eigenvalue weighted by Crippen LogP contribution is 2.43. The van der Waals surface area contributed by atoms with Crippen molar-refractivity contribution in [3.8, 4) is 17.1 Å². The number of imide groups is 1. The van der Waals surface area contributed by atoms with E-state index >= 15 is 8.78 Å². The molecule has 4 amide bonds. The van der Waals surface area contributed by atoms with Crippen molar-refractivity contribution in [3.05, 3.63) is 82.7 Å². The number of aryl methyl sites for hydroxylation is 2. The first-order valence-electron chi connectivity index (χ1n) is 22.3. The molecule has 2 N–H and O–H groups in total. The summed E-state index contributed by atoms with van der Waals surface area (Å²) in [6, 6.07) is 12.3. The maximum Gasteiger partial charge on any atom is 0.258 e. The predicted molar refractivity (Wildman–Crippen MR) is 235 cm³/mol. The summed E-state index contributed by atoms with van der Waals surface area (Å²) in [6.07, 6.45) is 2.34. The molecule has 5 aliphatic heterocycles. The van der Waals surface area contributed by atoms with Gasteiger partial charge in [-0.25, -0.2) is 18.4 Å². The van der Waals surface area contributed by atoms with Gasteiger partial charge in [-0.15, -0.1) is 0 Å². The minimum atomic E-state index is -1.08. The second-order valence-corrected chi connectivity index (χ2v) is 18.9. The van der Waals surface area contributed by atoms with Crippen LogP contribution >= 0.6 is 0 Å². The molecule has 5 aromatic rings. The lowest BCUT2D eigenvalue weighted by atomic mass is 9.81. The average molecular weight is 891 g/mol. The quantitative estimate of drug-likeness (QED) is 0.230. The number of aromatic nitrogens is 5. The molecule has 0 spiro atoms. The van der Waals surface area contributed by atoms with Crippen molar-refractivity contribution in [1.29, 1.82) is 0 Å². The average Bonchev–Trinajstić information content (AvgIpc) is 4.08. The van der Waals surface area contributed by atoms with Crippen molar-refractivity contribution in [2.45, 2.75) is 84.2 Å². The van der Waals surface area contributed by atoms with Crippen molar-refractivity contribution < 1.29 is 37.4 Å². The van der Waals surface area contributed by atoms with E-state index in [1.165, 1.54) is 12.1 Å². The monoisotopic (exact) mass is 890 g/mol. The number of hydrogen-bond acceptors (Lipinski definition) is 11. The van der Waals surface area contributed by atoms with Crippen LogP contribution in [0.15, 0.2) is 48.7 Å². The molecule has 16 nitrogen and oxygen atoms in total. The second kappa shape index (κ2) is 16.3. The first-order valence-corrected chi connectivity index (χ1v) is 22.3. The number of piperidine rings is 1. The van der Waals surface area contributed by atoms with Gasteiger partial charge in [0.25, 0.3) is 5.91 Å². The first-order chi connectivity index (χ1) is 31.1. The predicted octanol–water partition coefficient (Wildman–Crippen LogP) is 4.94. The third-order valence-electron chi connectivity index (χ3n) is 13.9. The Morgan fingerprint density at radius 2 is 1.75 bits per heavy atom. The number of likely N-dealkylation sites (tertiary alicyclic amines) is 2. The van der Waals surface area contributed by atoms with Crippen molar-refractivity contribution >= 4 is 46.3 Å². The topological polar surface area (TPSA) is 169 Å². The standard InChI is InChI=1S/C47H52F2N10O6/c1-25-12-28-14-38(51-25)33-18-50-55(5)45(33)65-11-10-64-26(2)19-59-39-13-27(6-8-37(39)52-46(59)54-42(28)61)20-56-21-31-15-30(56)22-58(31)44(63)34-23-57(24-47(34,3)4)29-16-35(48)41(36(49)17-29)32-7-9-40(60)53-43(32)62/h6,8,12-14,16-18,26,30-32,34H,7,9-11,15,19-24H2,1-5H3,(H,52,54,61)(H,53,60,62)/t26-,30-,31-,32+,34+/m0/s1. The van der Waals surface area contributed by atoms with Gasteiger partial charge in [0.2, 0.25) is 29.5 Å². The van der Waals surface area contributed by atoms with E-state index in [-0.39, 0.29) is 48.4 Å². The summed E-state index contributed by atoms with van der Waals surface area (Å²) in [5, 5.41) is 9.62. The maximum atomic E-state index is 15.5. The summed E-state index contributed by atoms with van der Waals surface area (Å²) in [5.74, 6) is -3.64. The van der Waals surface area contributed by atoms with Crippen molar-refractivity contribution in [2.75, 3.05) is 49.6 Å². The van der Waals surface area contributed by atoms with Gasteiger partial charge in [0.15, 0.2) is 0 Å². The molecule has 8 heterocycles. The molecular weight excluding hydrogens is 839 g/mol. The number of carbonyl (C=O) groups is 4.